The van der Waals surface area contributed by atoms with E-state index in [-0.39, 0.29) is 16.0 Å². The summed E-state index contributed by atoms with van der Waals surface area (Å²) in [6.07, 6.45) is 0. The van der Waals surface area contributed by atoms with Gasteiger partial charge in [0.2, 0.25) is 9.47 Å². The van der Waals surface area contributed by atoms with Crippen LogP contribution in [0.4, 0.5) is 5.13 Å². The lowest BCUT2D eigenvalue weighted by Crippen LogP contribution is -2.23. The molecule has 0 unspecified atom stereocenters. The van der Waals surface area contributed by atoms with Crippen molar-refractivity contribution in [2.45, 2.75) is 17.8 Å². The molecule has 0 spiro atoms. The van der Waals surface area contributed by atoms with E-state index < -0.39 is 10.0 Å². The van der Waals surface area contributed by atoms with Crippen molar-refractivity contribution in [2.24, 2.45) is 0 Å². The molecular formula is C8H10N4O2S3. The third-order valence-corrected chi connectivity index (χ3v) is 5.50. The maximum absolute atomic E-state index is 11.8. The van der Waals surface area contributed by atoms with Crippen molar-refractivity contribution in [3.8, 4) is 0 Å². The van der Waals surface area contributed by atoms with Gasteiger partial charge in [-0.2, -0.15) is 11.3 Å². The van der Waals surface area contributed by atoms with Gasteiger partial charge in [0.05, 0.1) is 0 Å². The first-order chi connectivity index (χ1) is 7.99. The molecule has 0 aliphatic rings. The number of rotatable bonds is 4. The lowest BCUT2D eigenvalue weighted by molar-refractivity contribution is 0.579. The van der Waals surface area contributed by atoms with Gasteiger partial charge in [-0.3, -0.25) is 0 Å². The van der Waals surface area contributed by atoms with Crippen LogP contribution in [0.1, 0.15) is 11.1 Å². The molecule has 0 atom stereocenters. The molecule has 2 aromatic rings. The van der Waals surface area contributed by atoms with E-state index in [4.69, 9.17) is 5.73 Å². The van der Waals surface area contributed by atoms with Crippen LogP contribution in [0, 0.1) is 6.92 Å². The predicted molar refractivity (Wildman–Crippen MR) is 67.4 cm³/mol. The number of aromatic nitrogens is 2. The molecule has 0 bridgehead atoms. The van der Waals surface area contributed by atoms with Crippen LogP contribution in [-0.4, -0.2) is 18.6 Å². The molecule has 0 fully saturated rings. The summed E-state index contributed by atoms with van der Waals surface area (Å²) in [5.74, 6) is 0. The third-order valence-electron chi connectivity index (χ3n) is 2.07. The van der Waals surface area contributed by atoms with Crippen molar-refractivity contribution in [1.29, 1.82) is 0 Å². The Balaban J connectivity index is 2.11. The summed E-state index contributed by atoms with van der Waals surface area (Å²) in [5, 5.41) is 11.0. The zero-order valence-electron chi connectivity index (χ0n) is 8.87. The van der Waals surface area contributed by atoms with Crippen LogP contribution in [0.2, 0.25) is 0 Å². The largest absolute Gasteiger partial charge is 0.374 e. The lowest BCUT2D eigenvalue weighted by Gasteiger charge is -2.02. The van der Waals surface area contributed by atoms with Gasteiger partial charge in [-0.15, -0.1) is 10.2 Å². The zero-order chi connectivity index (χ0) is 12.5. The fourth-order valence-corrected chi connectivity index (χ4v) is 3.82. The number of nitrogens with two attached hydrogens (primary N) is 1. The number of nitrogen functional groups attached to an aromatic ring is 1. The van der Waals surface area contributed by atoms with Crippen LogP contribution in [0.3, 0.4) is 0 Å². The maximum Gasteiger partial charge on any atom is 0.270 e. The van der Waals surface area contributed by atoms with E-state index in [0.29, 0.717) is 0 Å². The molecule has 0 aliphatic heterocycles. The van der Waals surface area contributed by atoms with Crippen molar-refractivity contribution in [3.63, 3.8) is 0 Å². The maximum atomic E-state index is 11.8. The van der Waals surface area contributed by atoms with Gasteiger partial charge in [0.25, 0.3) is 10.0 Å². The quantitative estimate of drug-likeness (QED) is 0.874. The van der Waals surface area contributed by atoms with E-state index >= 15 is 0 Å². The molecule has 2 aromatic heterocycles. The highest BCUT2D eigenvalue weighted by molar-refractivity contribution is 7.91. The first-order valence-electron chi connectivity index (χ1n) is 4.59. The van der Waals surface area contributed by atoms with Crippen LogP contribution in [-0.2, 0) is 16.6 Å². The van der Waals surface area contributed by atoms with Gasteiger partial charge in [-0.25, -0.2) is 13.1 Å². The normalized spacial score (nSPS) is 11.8. The number of nitrogens with zero attached hydrogens (tertiary/aromatic N) is 2. The molecular weight excluding hydrogens is 280 g/mol. The van der Waals surface area contributed by atoms with Gasteiger partial charge in [-0.05, 0) is 28.8 Å². The molecule has 0 radical (unpaired) electrons. The summed E-state index contributed by atoms with van der Waals surface area (Å²) >= 11 is 2.38. The average molecular weight is 290 g/mol. The van der Waals surface area contributed by atoms with E-state index in [9.17, 15) is 8.42 Å². The van der Waals surface area contributed by atoms with Gasteiger partial charge in [0, 0.05) is 6.54 Å². The van der Waals surface area contributed by atoms with Crippen LogP contribution in [0.25, 0.3) is 0 Å². The fraction of sp³-hybridized carbons (Fsp3) is 0.250. The monoisotopic (exact) mass is 290 g/mol. The second kappa shape index (κ2) is 4.69. The van der Waals surface area contributed by atoms with E-state index in [1.54, 1.807) is 0 Å². The SMILES string of the molecule is Cc1cscc1CNS(=O)(=O)c1nnc(N)s1. The molecule has 2 rings (SSSR count). The average Bonchev–Trinajstić information content (AvgIpc) is 2.85. The summed E-state index contributed by atoms with van der Waals surface area (Å²) in [5.41, 5.74) is 7.36. The Labute approximate surface area is 107 Å². The zero-order valence-corrected chi connectivity index (χ0v) is 11.3. The van der Waals surface area contributed by atoms with E-state index in [1.165, 1.54) is 11.3 Å². The Morgan fingerprint density at radius 2 is 2.18 bits per heavy atom. The molecule has 0 saturated heterocycles. The van der Waals surface area contributed by atoms with Crippen molar-refractivity contribution in [3.05, 3.63) is 21.9 Å². The van der Waals surface area contributed by atoms with E-state index in [0.717, 1.165) is 22.5 Å². The molecule has 2 heterocycles. The second-order valence-electron chi connectivity index (χ2n) is 3.31. The number of thiophene rings is 1. The van der Waals surface area contributed by atoms with Crippen LogP contribution in [0.15, 0.2) is 15.1 Å². The fourth-order valence-electron chi connectivity index (χ4n) is 1.13. The minimum atomic E-state index is -3.61. The van der Waals surface area contributed by atoms with Crippen LogP contribution >= 0.6 is 22.7 Å². The highest BCUT2D eigenvalue weighted by Gasteiger charge is 2.19. The molecule has 0 amide bonds. The molecule has 0 aliphatic carbocycles. The molecule has 3 N–H and O–H groups in total. The third kappa shape index (κ3) is 2.80. The summed E-state index contributed by atoms with van der Waals surface area (Å²) < 4.78 is 25.9. The topological polar surface area (TPSA) is 98.0 Å². The number of anilines is 1. The Hall–Kier alpha value is -1.03. The Morgan fingerprint density at radius 1 is 1.41 bits per heavy atom. The number of hydrogen-bond donors (Lipinski definition) is 2. The minimum Gasteiger partial charge on any atom is -0.374 e. The summed E-state index contributed by atoms with van der Waals surface area (Å²) in [6, 6.07) is 0. The van der Waals surface area contributed by atoms with Crippen molar-refractivity contribution >= 4 is 37.8 Å². The molecule has 92 valence electrons. The number of aryl methyl sites for hydroxylation is 1. The Kier molecular flexibility index (Phi) is 3.43. The lowest BCUT2D eigenvalue weighted by atomic mass is 10.2. The van der Waals surface area contributed by atoms with Crippen LogP contribution < -0.4 is 10.5 Å². The number of hydrogen-bond acceptors (Lipinski definition) is 7. The van der Waals surface area contributed by atoms with Crippen molar-refractivity contribution in [1.82, 2.24) is 14.9 Å². The van der Waals surface area contributed by atoms with Gasteiger partial charge >= 0.3 is 0 Å². The highest BCUT2D eigenvalue weighted by Crippen LogP contribution is 2.18. The summed E-state index contributed by atoms with van der Waals surface area (Å²) in [6.45, 7) is 2.18. The van der Waals surface area contributed by atoms with E-state index in [2.05, 4.69) is 14.9 Å². The minimum absolute atomic E-state index is 0.108. The van der Waals surface area contributed by atoms with Gasteiger partial charge in [-0.1, -0.05) is 11.3 Å². The number of sulfonamides is 1. The smallest absolute Gasteiger partial charge is 0.270 e. The predicted octanol–water partition coefficient (Wildman–Crippen LogP) is 0.969. The van der Waals surface area contributed by atoms with Gasteiger partial charge < -0.3 is 5.73 Å². The highest BCUT2D eigenvalue weighted by atomic mass is 32.2. The van der Waals surface area contributed by atoms with E-state index in [1.807, 2.05) is 17.7 Å². The summed E-state index contributed by atoms with van der Waals surface area (Å²) in [7, 11) is -3.61. The molecule has 17 heavy (non-hydrogen) atoms. The van der Waals surface area contributed by atoms with Gasteiger partial charge in [0.15, 0.2) is 0 Å². The molecule has 6 nitrogen and oxygen atoms in total. The van der Waals surface area contributed by atoms with Crippen molar-refractivity contribution < 1.29 is 8.42 Å². The Bertz CT molecular complexity index is 616. The standard InChI is InChI=1S/C8H10N4O2S3/c1-5-3-15-4-6(5)2-10-17(13,14)8-12-11-7(9)16-8/h3-4,10H,2H2,1H3,(H2,9,11). The van der Waals surface area contributed by atoms with Crippen LogP contribution in [0.5, 0.6) is 0 Å². The van der Waals surface area contributed by atoms with Crippen molar-refractivity contribution in [2.75, 3.05) is 5.73 Å². The van der Waals surface area contributed by atoms with Gasteiger partial charge in [0.1, 0.15) is 0 Å². The first-order valence-corrected chi connectivity index (χ1v) is 7.83. The first kappa shape index (κ1) is 12.4. The number of nitrogens with one attached hydrogen (secondary N) is 1. The molecule has 0 aromatic carbocycles. The molecule has 9 heteroatoms. The second-order valence-corrected chi connectivity index (χ2v) is 7.00. The molecule has 0 saturated carbocycles. The summed E-state index contributed by atoms with van der Waals surface area (Å²) in [4.78, 5) is 0. The Morgan fingerprint density at radius 3 is 2.71 bits per heavy atom.